The van der Waals surface area contributed by atoms with Gasteiger partial charge in [-0.25, -0.2) is 0 Å². The van der Waals surface area contributed by atoms with Crippen LogP contribution in [0.3, 0.4) is 0 Å². The number of ether oxygens (including phenoxy) is 1. The van der Waals surface area contributed by atoms with Gasteiger partial charge in [0.05, 0.1) is 6.42 Å². The van der Waals surface area contributed by atoms with Gasteiger partial charge in [0, 0.05) is 5.41 Å². The van der Waals surface area contributed by atoms with Crippen LogP contribution >= 0.6 is 0 Å². The number of hydrogen-bond donors (Lipinski definition) is 0. The van der Waals surface area contributed by atoms with Crippen molar-refractivity contribution in [1.29, 1.82) is 0 Å². The topological polar surface area (TPSA) is 26.3 Å². The molecule has 2 rings (SSSR count). The normalized spacial score (nSPS) is 30.3. The largest absolute Gasteiger partial charge is 0.457 e. The quantitative estimate of drug-likeness (QED) is 0.380. The Morgan fingerprint density at radius 1 is 1.28 bits per heavy atom. The molecule has 0 aromatic heterocycles. The summed E-state index contributed by atoms with van der Waals surface area (Å²) in [6.07, 6.45) is 16.4. The highest BCUT2D eigenvalue weighted by molar-refractivity contribution is 5.73. The van der Waals surface area contributed by atoms with Crippen molar-refractivity contribution in [2.45, 2.75) is 77.2 Å². The van der Waals surface area contributed by atoms with Crippen molar-refractivity contribution in [3.63, 3.8) is 0 Å². The van der Waals surface area contributed by atoms with Crippen molar-refractivity contribution in [3.8, 4) is 0 Å². The fourth-order valence-corrected chi connectivity index (χ4v) is 3.37. The average Bonchev–Trinajstić information content (AvgIpc) is 2.69. The van der Waals surface area contributed by atoms with Gasteiger partial charge < -0.3 is 4.74 Å². The number of fused-ring (bicyclic) bond motifs is 1. The van der Waals surface area contributed by atoms with Crippen molar-refractivity contribution in [2.24, 2.45) is 5.41 Å². The van der Waals surface area contributed by atoms with Crippen LogP contribution in [0, 0.1) is 5.41 Å². The minimum absolute atomic E-state index is 0.0116. The average molecular weight is 250 g/mol. The smallest absolute Gasteiger partial charge is 0.307 e. The van der Waals surface area contributed by atoms with Crippen LogP contribution < -0.4 is 0 Å². The zero-order chi connectivity index (χ0) is 12.8. The molecule has 18 heavy (non-hydrogen) atoms. The first-order chi connectivity index (χ1) is 8.77. The van der Waals surface area contributed by atoms with Gasteiger partial charge in [-0.2, -0.15) is 0 Å². The molecule has 0 bridgehead atoms. The summed E-state index contributed by atoms with van der Waals surface area (Å²) in [6, 6.07) is 0. The van der Waals surface area contributed by atoms with Crippen LogP contribution in [0.2, 0.25) is 0 Å². The molecule has 2 aliphatic rings. The molecule has 0 unspecified atom stereocenters. The fourth-order valence-electron chi connectivity index (χ4n) is 3.37. The van der Waals surface area contributed by atoms with Crippen LogP contribution in [-0.2, 0) is 9.53 Å². The molecule has 0 saturated carbocycles. The highest BCUT2D eigenvalue weighted by atomic mass is 16.6. The number of allylic oxidation sites excluding steroid dienone is 1. The number of carbonyl (C=O) groups excluding carboxylic acids is 1. The van der Waals surface area contributed by atoms with E-state index in [1.807, 2.05) is 0 Å². The van der Waals surface area contributed by atoms with Crippen LogP contribution in [0.15, 0.2) is 12.2 Å². The standard InChI is InChI=1S/C16H26O2/c1-2-3-4-5-6-8-11-16-12-9-7-10-14(16)18-15(17)13-16/h7,10,14H,2-6,8-9,11-13H2,1H3/t14-,16-/m0/s1. The third-order valence-electron chi connectivity index (χ3n) is 4.51. The SMILES string of the molecule is CCCCCCCC[C@@]12CCC=C[C@@H]1OC(=O)C2. The van der Waals surface area contributed by atoms with Crippen molar-refractivity contribution in [2.75, 3.05) is 0 Å². The molecular weight excluding hydrogens is 224 g/mol. The Kier molecular flexibility index (Phi) is 4.85. The maximum atomic E-state index is 11.5. The summed E-state index contributed by atoms with van der Waals surface area (Å²) in [5.74, 6) is 0.0116. The van der Waals surface area contributed by atoms with E-state index >= 15 is 0 Å². The van der Waals surface area contributed by atoms with Gasteiger partial charge >= 0.3 is 5.97 Å². The summed E-state index contributed by atoms with van der Waals surface area (Å²) in [5.41, 5.74) is 0.149. The minimum atomic E-state index is 0.0116. The summed E-state index contributed by atoms with van der Waals surface area (Å²) in [4.78, 5) is 11.5. The van der Waals surface area contributed by atoms with Gasteiger partial charge in [-0.05, 0) is 25.3 Å². The van der Waals surface area contributed by atoms with E-state index in [1.54, 1.807) is 0 Å². The van der Waals surface area contributed by atoms with Crippen LogP contribution in [0.5, 0.6) is 0 Å². The Morgan fingerprint density at radius 3 is 2.89 bits per heavy atom. The van der Waals surface area contributed by atoms with E-state index in [9.17, 15) is 4.79 Å². The van der Waals surface area contributed by atoms with Gasteiger partial charge in [0.1, 0.15) is 6.10 Å². The van der Waals surface area contributed by atoms with E-state index in [4.69, 9.17) is 4.74 Å². The zero-order valence-corrected chi connectivity index (χ0v) is 11.6. The fraction of sp³-hybridized carbons (Fsp3) is 0.812. The van der Waals surface area contributed by atoms with E-state index in [2.05, 4.69) is 19.1 Å². The molecule has 0 amide bonds. The van der Waals surface area contributed by atoms with Gasteiger partial charge in [-0.15, -0.1) is 0 Å². The lowest BCUT2D eigenvalue weighted by Gasteiger charge is -2.33. The second-order valence-electron chi connectivity index (χ2n) is 5.93. The molecule has 0 N–H and O–H groups in total. The summed E-state index contributed by atoms with van der Waals surface area (Å²) >= 11 is 0. The van der Waals surface area contributed by atoms with E-state index < -0.39 is 0 Å². The van der Waals surface area contributed by atoms with Crippen LogP contribution in [0.25, 0.3) is 0 Å². The molecule has 0 spiro atoms. The lowest BCUT2D eigenvalue weighted by molar-refractivity contribution is -0.140. The molecular formula is C16H26O2. The Hall–Kier alpha value is -0.790. The van der Waals surface area contributed by atoms with Gasteiger partial charge in [0.15, 0.2) is 0 Å². The number of rotatable bonds is 7. The number of esters is 1. The van der Waals surface area contributed by atoms with Crippen molar-refractivity contribution in [3.05, 3.63) is 12.2 Å². The first kappa shape index (κ1) is 13.6. The Morgan fingerprint density at radius 2 is 2.06 bits per heavy atom. The lowest BCUT2D eigenvalue weighted by atomic mass is 9.70. The number of unbranched alkanes of at least 4 members (excludes halogenated alkanes) is 5. The highest BCUT2D eigenvalue weighted by Crippen LogP contribution is 2.47. The molecule has 102 valence electrons. The maximum Gasteiger partial charge on any atom is 0.307 e. The summed E-state index contributed by atoms with van der Waals surface area (Å²) in [5, 5.41) is 0. The van der Waals surface area contributed by atoms with Gasteiger partial charge in [-0.3, -0.25) is 4.79 Å². The Balaban J connectivity index is 1.76. The molecule has 0 radical (unpaired) electrons. The molecule has 1 aliphatic carbocycles. The minimum Gasteiger partial charge on any atom is -0.457 e. The van der Waals surface area contributed by atoms with Gasteiger partial charge in [0.2, 0.25) is 0 Å². The van der Waals surface area contributed by atoms with Crippen LogP contribution in [0.1, 0.15) is 71.1 Å². The molecule has 0 aromatic rings. The molecule has 0 aromatic carbocycles. The highest BCUT2D eigenvalue weighted by Gasteiger charge is 2.47. The van der Waals surface area contributed by atoms with E-state index in [0.29, 0.717) is 6.42 Å². The third kappa shape index (κ3) is 3.15. The van der Waals surface area contributed by atoms with Crippen LogP contribution in [0.4, 0.5) is 0 Å². The summed E-state index contributed by atoms with van der Waals surface area (Å²) in [7, 11) is 0. The molecule has 2 nitrogen and oxygen atoms in total. The Labute approximate surface area is 111 Å². The second-order valence-corrected chi connectivity index (χ2v) is 5.93. The Bertz CT molecular complexity index is 308. The predicted molar refractivity (Wildman–Crippen MR) is 73.3 cm³/mol. The third-order valence-corrected chi connectivity index (χ3v) is 4.51. The van der Waals surface area contributed by atoms with Gasteiger partial charge in [0.25, 0.3) is 0 Å². The molecule has 1 saturated heterocycles. The predicted octanol–water partition coefficient (Wildman–Crippen LogP) is 4.39. The number of carbonyl (C=O) groups is 1. The zero-order valence-electron chi connectivity index (χ0n) is 11.6. The van der Waals surface area contributed by atoms with Crippen molar-refractivity contribution >= 4 is 5.97 Å². The van der Waals surface area contributed by atoms with Crippen molar-refractivity contribution in [1.82, 2.24) is 0 Å². The van der Waals surface area contributed by atoms with Gasteiger partial charge in [-0.1, -0.05) is 51.5 Å². The van der Waals surface area contributed by atoms with Crippen molar-refractivity contribution < 1.29 is 9.53 Å². The maximum absolute atomic E-state index is 11.5. The molecule has 2 atom stereocenters. The lowest BCUT2D eigenvalue weighted by Crippen LogP contribution is -2.31. The number of hydrogen-bond acceptors (Lipinski definition) is 2. The second kappa shape index (κ2) is 6.40. The molecule has 1 heterocycles. The summed E-state index contributed by atoms with van der Waals surface area (Å²) in [6.45, 7) is 2.25. The molecule has 1 aliphatic heterocycles. The first-order valence-electron chi connectivity index (χ1n) is 7.63. The monoisotopic (exact) mass is 250 g/mol. The van der Waals surface area contributed by atoms with E-state index in [1.165, 1.54) is 44.9 Å². The van der Waals surface area contributed by atoms with E-state index in [0.717, 1.165) is 12.8 Å². The van der Waals surface area contributed by atoms with E-state index in [-0.39, 0.29) is 17.5 Å². The summed E-state index contributed by atoms with van der Waals surface area (Å²) < 4.78 is 5.44. The molecule has 1 fully saturated rings. The first-order valence-corrected chi connectivity index (χ1v) is 7.63. The molecule has 2 heteroatoms. The van der Waals surface area contributed by atoms with Crippen LogP contribution in [-0.4, -0.2) is 12.1 Å².